The van der Waals surface area contributed by atoms with Crippen molar-refractivity contribution < 1.29 is 13.2 Å². The van der Waals surface area contributed by atoms with Gasteiger partial charge in [-0.25, -0.2) is 8.42 Å². The fourth-order valence-electron chi connectivity index (χ4n) is 3.33. The SMILES string of the molecule is CCC(NC(=O)c1ccc(Cl)c(S(=O)(=O)Nc2ccc(C)cc2C)c1)c1ccccc1. The lowest BCUT2D eigenvalue weighted by molar-refractivity contribution is 0.0935. The molecule has 1 unspecified atom stereocenters. The van der Waals surface area contributed by atoms with Crippen LogP contribution in [0.25, 0.3) is 0 Å². The van der Waals surface area contributed by atoms with Crippen LogP contribution in [0.2, 0.25) is 5.02 Å². The molecule has 1 atom stereocenters. The molecule has 0 aromatic heterocycles. The molecule has 3 aromatic rings. The average Bonchev–Trinajstić information content (AvgIpc) is 2.74. The van der Waals surface area contributed by atoms with Gasteiger partial charge in [-0.3, -0.25) is 9.52 Å². The molecule has 0 radical (unpaired) electrons. The van der Waals surface area contributed by atoms with Gasteiger partial charge < -0.3 is 5.32 Å². The Morgan fingerprint density at radius 2 is 1.71 bits per heavy atom. The van der Waals surface area contributed by atoms with Gasteiger partial charge in [0.15, 0.2) is 0 Å². The molecule has 7 heteroatoms. The highest BCUT2D eigenvalue weighted by Gasteiger charge is 2.22. The molecule has 31 heavy (non-hydrogen) atoms. The first-order valence-corrected chi connectivity index (χ1v) is 11.8. The maximum Gasteiger partial charge on any atom is 0.263 e. The summed E-state index contributed by atoms with van der Waals surface area (Å²) in [5, 5.41) is 3.01. The minimum atomic E-state index is -3.98. The molecule has 5 nitrogen and oxygen atoms in total. The zero-order valence-corrected chi connectivity index (χ0v) is 19.2. The van der Waals surface area contributed by atoms with E-state index in [-0.39, 0.29) is 27.4 Å². The largest absolute Gasteiger partial charge is 0.345 e. The molecule has 162 valence electrons. The van der Waals surface area contributed by atoms with E-state index in [2.05, 4.69) is 10.0 Å². The Kier molecular flexibility index (Phi) is 7.03. The molecule has 0 aliphatic carbocycles. The van der Waals surface area contributed by atoms with Crippen molar-refractivity contribution in [1.29, 1.82) is 0 Å². The van der Waals surface area contributed by atoms with E-state index in [1.165, 1.54) is 18.2 Å². The van der Waals surface area contributed by atoms with Gasteiger partial charge in [0.1, 0.15) is 4.90 Å². The summed E-state index contributed by atoms with van der Waals surface area (Å²) >= 11 is 6.19. The maximum absolute atomic E-state index is 13.0. The summed E-state index contributed by atoms with van der Waals surface area (Å²) in [7, 11) is -3.98. The number of halogens is 1. The van der Waals surface area contributed by atoms with Gasteiger partial charge in [0.05, 0.1) is 16.8 Å². The highest BCUT2D eigenvalue weighted by Crippen LogP contribution is 2.27. The van der Waals surface area contributed by atoms with Gasteiger partial charge in [-0.1, -0.05) is 66.6 Å². The van der Waals surface area contributed by atoms with Gasteiger partial charge in [-0.15, -0.1) is 0 Å². The number of carbonyl (C=O) groups is 1. The Morgan fingerprint density at radius 1 is 1.00 bits per heavy atom. The molecular weight excluding hydrogens is 432 g/mol. The van der Waals surface area contributed by atoms with E-state index < -0.39 is 10.0 Å². The van der Waals surface area contributed by atoms with Crippen LogP contribution in [0.5, 0.6) is 0 Å². The number of sulfonamides is 1. The van der Waals surface area contributed by atoms with E-state index in [1.807, 2.05) is 63.2 Å². The van der Waals surface area contributed by atoms with Crippen molar-refractivity contribution in [3.8, 4) is 0 Å². The quantitative estimate of drug-likeness (QED) is 0.483. The van der Waals surface area contributed by atoms with E-state index in [0.717, 1.165) is 16.7 Å². The van der Waals surface area contributed by atoms with Crippen molar-refractivity contribution in [2.45, 2.75) is 38.1 Å². The highest BCUT2D eigenvalue weighted by molar-refractivity contribution is 7.92. The predicted molar refractivity (Wildman–Crippen MR) is 125 cm³/mol. The van der Waals surface area contributed by atoms with Crippen LogP contribution in [-0.2, 0) is 10.0 Å². The minimum absolute atomic E-state index is 0.0453. The van der Waals surface area contributed by atoms with Crippen LogP contribution in [0.3, 0.4) is 0 Å². The van der Waals surface area contributed by atoms with Crippen LogP contribution in [0, 0.1) is 13.8 Å². The number of rotatable bonds is 7. The fraction of sp³-hybridized carbons (Fsp3) is 0.208. The Labute approximate surface area is 188 Å². The number of benzene rings is 3. The molecule has 3 aromatic carbocycles. The van der Waals surface area contributed by atoms with Crippen LogP contribution >= 0.6 is 11.6 Å². The van der Waals surface area contributed by atoms with Crippen LogP contribution in [-0.4, -0.2) is 14.3 Å². The lowest BCUT2D eigenvalue weighted by Crippen LogP contribution is -2.28. The van der Waals surface area contributed by atoms with E-state index >= 15 is 0 Å². The molecule has 0 aliphatic rings. The van der Waals surface area contributed by atoms with Crippen LogP contribution < -0.4 is 10.0 Å². The lowest BCUT2D eigenvalue weighted by atomic mass is 10.0. The molecular formula is C24H25ClN2O3S. The number of anilines is 1. The summed E-state index contributed by atoms with van der Waals surface area (Å²) in [6.07, 6.45) is 0.697. The monoisotopic (exact) mass is 456 g/mol. The number of hydrogen-bond acceptors (Lipinski definition) is 3. The van der Waals surface area contributed by atoms with Crippen molar-refractivity contribution in [2.24, 2.45) is 0 Å². The summed E-state index contributed by atoms with van der Waals surface area (Å²) in [5.41, 5.74) is 3.49. The Balaban J connectivity index is 1.87. The number of amides is 1. The van der Waals surface area contributed by atoms with Crippen molar-refractivity contribution in [3.63, 3.8) is 0 Å². The van der Waals surface area contributed by atoms with Gasteiger partial charge in [-0.2, -0.15) is 0 Å². The highest BCUT2D eigenvalue weighted by atomic mass is 35.5. The van der Waals surface area contributed by atoms with E-state index in [9.17, 15) is 13.2 Å². The Bertz CT molecular complexity index is 1190. The van der Waals surface area contributed by atoms with Gasteiger partial charge >= 0.3 is 0 Å². The van der Waals surface area contributed by atoms with Crippen molar-refractivity contribution >= 4 is 33.2 Å². The molecule has 0 saturated carbocycles. The average molecular weight is 457 g/mol. The van der Waals surface area contributed by atoms with Crippen LogP contribution in [0.1, 0.15) is 46.4 Å². The van der Waals surface area contributed by atoms with Crippen molar-refractivity contribution in [2.75, 3.05) is 4.72 Å². The van der Waals surface area contributed by atoms with Crippen molar-refractivity contribution in [3.05, 3.63) is 94.0 Å². The molecule has 0 aliphatic heterocycles. The lowest BCUT2D eigenvalue weighted by Gasteiger charge is -2.18. The number of nitrogens with one attached hydrogen (secondary N) is 2. The zero-order valence-electron chi connectivity index (χ0n) is 17.6. The fourth-order valence-corrected chi connectivity index (χ4v) is 4.98. The second-order valence-corrected chi connectivity index (χ2v) is 9.47. The zero-order chi connectivity index (χ0) is 22.6. The van der Waals surface area contributed by atoms with E-state index in [1.54, 1.807) is 6.07 Å². The summed E-state index contributed by atoms with van der Waals surface area (Å²) in [4.78, 5) is 12.7. The molecule has 0 heterocycles. The third-order valence-corrected chi connectivity index (χ3v) is 6.87. The summed E-state index contributed by atoms with van der Waals surface area (Å²) in [6.45, 7) is 5.73. The van der Waals surface area contributed by atoms with Crippen LogP contribution in [0.4, 0.5) is 5.69 Å². The standard InChI is InChI=1S/C24H25ClN2O3S/c1-4-21(18-8-6-5-7-9-18)26-24(28)19-11-12-20(25)23(15-19)31(29,30)27-22-13-10-16(2)14-17(22)3/h5-15,21,27H,4H2,1-3H3,(H,26,28). The number of hydrogen-bond donors (Lipinski definition) is 2. The first kappa shape index (κ1) is 22.8. The molecule has 0 spiro atoms. The number of carbonyl (C=O) groups excluding carboxylic acids is 1. The summed E-state index contributed by atoms with van der Waals surface area (Å²) in [5.74, 6) is -0.365. The second-order valence-electron chi connectivity index (χ2n) is 7.41. The van der Waals surface area contributed by atoms with E-state index in [4.69, 9.17) is 11.6 Å². The van der Waals surface area contributed by atoms with Crippen LogP contribution in [0.15, 0.2) is 71.6 Å². The maximum atomic E-state index is 13.0. The third kappa shape index (κ3) is 5.46. The smallest absolute Gasteiger partial charge is 0.263 e. The first-order valence-electron chi connectivity index (χ1n) is 9.96. The number of aryl methyl sites for hydroxylation is 2. The third-order valence-electron chi connectivity index (χ3n) is 5.02. The van der Waals surface area contributed by atoms with Gasteiger partial charge in [0, 0.05) is 5.56 Å². The second kappa shape index (κ2) is 9.54. The predicted octanol–water partition coefficient (Wildman–Crippen LogP) is 5.64. The molecule has 3 rings (SSSR count). The molecule has 0 saturated heterocycles. The molecule has 0 fully saturated rings. The normalized spacial score (nSPS) is 12.3. The minimum Gasteiger partial charge on any atom is -0.345 e. The van der Waals surface area contributed by atoms with Gasteiger partial charge in [0.2, 0.25) is 0 Å². The van der Waals surface area contributed by atoms with Gasteiger partial charge in [-0.05, 0) is 55.7 Å². The molecule has 0 bridgehead atoms. The van der Waals surface area contributed by atoms with E-state index in [0.29, 0.717) is 12.1 Å². The summed E-state index contributed by atoms with van der Waals surface area (Å²) < 4.78 is 28.6. The molecule has 2 N–H and O–H groups in total. The van der Waals surface area contributed by atoms with Gasteiger partial charge in [0.25, 0.3) is 15.9 Å². The first-order chi connectivity index (χ1) is 14.7. The molecule has 1 amide bonds. The Hall–Kier alpha value is -2.83. The van der Waals surface area contributed by atoms with Crippen molar-refractivity contribution in [1.82, 2.24) is 5.32 Å². The topological polar surface area (TPSA) is 75.3 Å². The Morgan fingerprint density at radius 3 is 2.35 bits per heavy atom. The summed E-state index contributed by atoms with van der Waals surface area (Å²) in [6, 6.07) is 19.1.